The average molecular weight is 339 g/mol. The quantitative estimate of drug-likeness (QED) is 0.872. The fourth-order valence-corrected chi connectivity index (χ4v) is 5.99. The lowest BCUT2D eigenvalue weighted by Gasteiger charge is -2.39. The van der Waals surface area contributed by atoms with Gasteiger partial charge in [-0.1, -0.05) is 20.8 Å². The molecule has 1 aromatic rings. The van der Waals surface area contributed by atoms with Gasteiger partial charge in [0, 0.05) is 19.3 Å². The Bertz CT molecular complexity index is 766. The molecule has 2 saturated carbocycles. The first-order valence-corrected chi connectivity index (χ1v) is 9.46. The Labute approximate surface area is 137 Å². The van der Waals surface area contributed by atoms with Crippen molar-refractivity contribution in [2.75, 3.05) is 0 Å². The second kappa shape index (κ2) is 4.83. The molecule has 0 aliphatic heterocycles. The summed E-state index contributed by atoms with van der Waals surface area (Å²) in [5, 5.41) is 0. The van der Waals surface area contributed by atoms with Crippen molar-refractivity contribution in [3.63, 3.8) is 0 Å². The molecule has 0 radical (unpaired) electrons. The lowest BCUT2D eigenvalue weighted by molar-refractivity contribution is 0.0992. The molecular weight excluding hydrogens is 314 g/mol. The Morgan fingerprint density at radius 3 is 2.48 bits per heavy atom. The van der Waals surface area contributed by atoms with Crippen molar-refractivity contribution in [1.82, 2.24) is 9.29 Å². The minimum Gasteiger partial charge on any atom is -0.364 e. The zero-order valence-electron chi connectivity index (χ0n) is 14.1. The van der Waals surface area contributed by atoms with Gasteiger partial charge >= 0.3 is 0 Å². The number of sulfonamides is 1. The van der Waals surface area contributed by atoms with Crippen LogP contribution in [-0.2, 0) is 17.1 Å². The molecule has 2 bridgehead atoms. The van der Waals surface area contributed by atoms with E-state index in [1.807, 2.05) is 0 Å². The molecule has 1 aromatic heterocycles. The number of hydrogen-bond acceptors (Lipinski definition) is 3. The number of carbonyl (C=O) groups excluding carboxylic acids is 1. The number of fused-ring (bicyclic) bond motifs is 2. The minimum atomic E-state index is -3.67. The summed E-state index contributed by atoms with van der Waals surface area (Å²) >= 11 is 0. The third-order valence-corrected chi connectivity index (χ3v) is 8.07. The molecule has 2 aliphatic carbocycles. The third-order valence-electron chi connectivity index (χ3n) is 6.63. The van der Waals surface area contributed by atoms with Crippen LogP contribution in [0.1, 0.15) is 50.5 Å². The van der Waals surface area contributed by atoms with Gasteiger partial charge in [-0.25, -0.2) is 13.1 Å². The summed E-state index contributed by atoms with van der Waals surface area (Å²) in [5.41, 5.74) is 5.55. The molecule has 3 N–H and O–H groups in total. The molecule has 0 saturated heterocycles. The number of aromatic nitrogens is 1. The molecule has 0 unspecified atom stereocenters. The van der Waals surface area contributed by atoms with Crippen LogP contribution >= 0.6 is 0 Å². The average Bonchev–Trinajstić information content (AvgIpc) is 2.97. The molecular formula is C16H25N3O3S. The van der Waals surface area contributed by atoms with Gasteiger partial charge in [0.2, 0.25) is 10.0 Å². The Hall–Kier alpha value is -1.34. The number of amides is 1. The summed E-state index contributed by atoms with van der Waals surface area (Å²) in [6.07, 6.45) is 4.51. The van der Waals surface area contributed by atoms with E-state index >= 15 is 0 Å². The molecule has 128 valence electrons. The maximum atomic E-state index is 12.7. The van der Waals surface area contributed by atoms with Gasteiger partial charge in [0.15, 0.2) is 0 Å². The standard InChI is InChI=1S/C16H25N3O3S/c1-15(2)10-5-6-16(15,3)13(7-10)18-23(21,22)11-8-12(14(17)20)19(4)9-11/h8-10,13,18H,5-7H2,1-4H3,(H2,17,20)/t10-,13+,16-/m1/s1. The van der Waals surface area contributed by atoms with E-state index < -0.39 is 15.9 Å². The summed E-state index contributed by atoms with van der Waals surface area (Å²) in [4.78, 5) is 11.4. The summed E-state index contributed by atoms with van der Waals surface area (Å²) in [6, 6.07) is 1.27. The normalized spacial score (nSPS) is 32.3. The van der Waals surface area contributed by atoms with Crippen LogP contribution in [0.3, 0.4) is 0 Å². The van der Waals surface area contributed by atoms with Gasteiger partial charge in [0.1, 0.15) is 10.6 Å². The second-order valence-electron chi connectivity index (χ2n) is 7.82. The van der Waals surface area contributed by atoms with Gasteiger partial charge in [-0.05, 0) is 42.1 Å². The molecule has 7 heteroatoms. The van der Waals surface area contributed by atoms with Crippen molar-refractivity contribution >= 4 is 15.9 Å². The summed E-state index contributed by atoms with van der Waals surface area (Å²) in [6.45, 7) is 6.67. The predicted octanol–water partition coefficient (Wildman–Crippen LogP) is 1.62. The first-order chi connectivity index (χ1) is 10.5. The molecule has 2 aliphatic rings. The number of rotatable bonds is 4. The van der Waals surface area contributed by atoms with Crippen LogP contribution in [0.5, 0.6) is 0 Å². The number of hydrogen-bond donors (Lipinski definition) is 2. The number of nitrogens with two attached hydrogens (primary N) is 1. The smallest absolute Gasteiger partial charge is 0.265 e. The summed E-state index contributed by atoms with van der Waals surface area (Å²) < 4.78 is 29.8. The highest BCUT2D eigenvalue weighted by Crippen LogP contribution is 2.65. The van der Waals surface area contributed by atoms with Crippen LogP contribution < -0.4 is 10.5 Å². The first kappa shape index (κ1) is 16.5. The Kier molecular flexibility index (Phi) is 3.47. The molecule has 3 atom stereocenters. The van der Waals surface area contributed by atoms with Gasteiger partial charge in [0.25, 0.3) is 5.91 Å². The maximum absolute atomic E-state index is 12.7. The molecule has 1 heterocycles. The van der Waals surface area contributed by atoms with Gasteiger partial charge in [0.05, 0.1) is 0 Å². The van der Waals surface area contributed by atoms with E-state index in [1.54, 1.807) is 7.05 Å². The van der Waals surface area contributed by atoms with Gasteiger partial charge in [-0.15, -0.1) is 0 Å². The van der Waals surface area contributed by atoms with Crippen molar-refractivity contribution in [3.8, 4) is 0 Å². The number of carbonyl (C=O) groups is 1. The van der Waals surface area contributed by atoms with E-state index in [0.717, 1.165) is 12.8 Å². The molecule has 6 nitrogen and oxygen atoms in total. The molecule has 23 heavy (non-hydrogen) atoms. The van der Waals surface area contributed by atoms with Crippen LogP contribution in [0.25, 0.3) is 0 Å². The number of aryl methyl sites for hydroxylation is 1. The van der Waals surface area contributed by atoms with E-state index in [1.165, 1.54) is 23.3 Å². The van der Waals surface area contributed by atoms with Gasteiger partial charge < -0.3 is 10.3 Å². The van der Waals surface area contributed by atoms with E-state index in [2.05, 4.69) is 25.5 Å². The second-order valence-corrected chi connectivity index (χ2v) is 9.53. The van der Waals surface area contributed by atoms with Gasteiger partial charge in [-0.2, -0.15) is 0 Å². The fourth-order valence-electron chi connectivity index (χ4n) is 4.56. The number of nitrogens with one attached hydrogen (secondary N) is 1. The van der Waals surface area contributed by atoms with Crippen LogP contribution in [-0.4, -0.2) is 24.9 Å². The van der Waals surface area contributed by atoms with E-state index in [9.17, 15) is 13.2 Å². The van der Waals surface area contributed by atoms with Crippen LogP contribution in [0.2, 0.25) is 0 Å². The fraction of sp³-hybridized carbons (Fsp3) is 0.688. The van der Waals surface area contributed by atoms with Crippen LogP contribution in [0, 0.1) is 16.7 Å². The maximum Gasteiger partial charge on any atom is 0.265 e. The molecule has 2 fully saturated rings. The Morgan fingerprint density at radius 1 is 1.39 bits per heavy atom. The zero-order chi connectivity index (χ0) is 17.2. The Balaban J connectivity index is 1.89. The number of primary amides is 1. The molecule has 1 amide bonds. The Morgan fingerprint density at radius 2 is 2.04 bits per heavy atom. The van der Waals surface area contributed by atoms with Gasteiger partial charge in [-0.3, -0.25) is 4.79 Å². The molecule has 0 spiro atoms. The largest absolute Gasteiger partial charge is 0.364 e. The van der Waals surface area contributed by atoms with Crippen molar-refractivity contribution in [1.29, 1.82) is 0 Å². The lowest BCUT2D eigenvalue weighted by Crippen LogP contribution is -2.46. The zero-order valence-corrected chi connectivity index (χ0v) is 14.9. The topological polar surface area (TPSA) is 94.2 Å². The van der Waals surface area contributed by atoms with Crippen molar-refractivity contribution < 1.29 is 13.2 Å². The monoisotopic (exact) mass is 339 g/mol. The highest BCUT2D eigenvalue weighted by Gasteiger charge is 2.61. The van der Waals surface area contributed by atoms with E-state index in [4.69, 9.17) is 5.73 Å². The van der Waals surface area contributed by atoms with Crippen molar-refractivity contribution in [2.24, 2.45) is 29.5 Å². The first-order valence-electron chi connectivity index (χ1n) is 7.97. The van der Waals surface area contributed by atoms with E-state index in [0.29, 0.717) is 5.92 Å². The van der Waals surface area contributed by atoms with Crippen LogP contribution in [0.4, 0.5) is 0 Å². The molecule has 0 aromatic carbocycles. The van der Waals surface area contributed by atoms with Crippen molar-refractivity contribution in [3.05, 3.63) is 18.0 Å². The number of nitrogens with zero attached hydrogens (tertiary/aromatic N) is 1. The SMILES string of the molecule is Cn1cc(S(=O)(=O)N[C@H]2C[C@H]3CC[C@@]2(C)C3(C)C)cc1C(N)=O. The van der Waals surface area contributed by atoms with Crippen molar-refractivity contribution in [2.45, 2.75) is 51.0 Å². The minimum absolute atomic E-state index is 0.0357. The predicted molar refractivity (Wildman–Crippen MR) is 87.3 cm³/mol. The van der Waals surface area contributed by atoms with E-state index in [-0.39, 0.29) is 27.5 Å². The molecule has 3 rings (SSSR count). The lowest BCUT2D eigenvalue weighted by atomic mass is 9.69. The third kappa shape index (κ3) is 2.24. The summed E-state index contributed by atoms with van der Waals surface area (Å²) in [5.74, 6) is -0.0841. The van der Waals surface area contributed by atoms with Crippen LogP contribution in [0.15, 0.2) is 17.2 Å². The summed E-state index contributed by atoms with van der Waals surface area (Å²) in [7, 11) is -2.06. The highest BCUT2D eigenvalue weighted by molar-refractivity contribution is 7.89. The highest BCUT2D eigenvalue weighted by atomic mass is 32.2.